The number of hydrogen-bond acceptors (Lipinski definition) is 2. The molecule has 1 heterocycles. The van der Waals surface area contributed by atoms with E-state index in [1.807, 2.05) is 42.5 Å². The summed E-state index contributed by atoms with van der Waals surface area (Å²) in [7, 11) is 3.34. The Kier molecular flexibility index (Phi) is 4.52. The molecule has 1 aromatic heterocycles. The summed E-state index contributed by atoms with van der Waals surface area (Å²) < 4.78 is 17.1. The fourth-order valence-electron chi connectivity index (χ4n) is 2.73. The summed E-state index contributed by atoms with van der Waals surface area (Å²) in [6.07, 6.45) is 0. The SMILES string of the molecule is COc1ccc(C)cc1-c1cccc(-c2cc(C)ccc2OC)[o+]1. The van der Waals surface area contributed by atoms with Gasteiger partial charge in [-0.05, 0) is 55.3 Å². The van der Waals surface area contributed by atoms with E-state index in [1.165, 1.54) is 0 Å². The quantitative estimate of drug-likeness (QED) is 0.592. The average molecular weight is 321 g/mol. The van der Waals surface area contributed by atoms with Gasteiger partial charge in [0.25, 0.3) is 0 Å². The molecule has 0 aliphatic heterocycles. The van der Waals surface area contributed by atoms with Crippen molar-refractivity contribution >= 4 is 0 Å². The van der Waals surface area contributed by atoms with Crippen molar-refractivity contribution in [2.24, 2.45) is 0 Å². The minimum atomic E-state index is 0.761. The van der Waals surface area contributed by atoms with E-state index in [-0.39, 0.29) is 0 Å². The Balaban J connectivity index is 2.14. The second kappa shape index (κ2) is 6.75. The van der Waals surface area contributed by atoms with Gasteiger partial charge in [0.1, 0.15) is 22.6 Å². The van der Waals surface area contributed by atoms with E-state index >= 15 is 0 Å². The molecule has 0 unspecified atom stereocenters. The summed E-state index contributed by atoms with van der Waals surface area (Å²) in [5.41, 5.74) is 4.18. The third-order valence-corrected chi connectivity index (χ3v) is 3.96. The Morgan fingerprint density at radius 3 is 1.54 bits per heavy atom. The molecule has 0 N–H and O–H groups in total. The lowest BCUT2D eigenvalue weighted by Crippen LogP contribution is -1.91. The van der Waals surface area contributed by atoms with Gasteiger partial charge in [0.2, 0.25) is 0 Å². The molecule has 0 spiro atoms. The van der Waals surface area contributed by atoms with Crippen LogP contribution in [0.4, 0.5) is 0 Å². The standard InChI is InChI=1S/C21H21O3/c1-14-8-10-18(22-3)16(12-14)20-6-5-7-21(24-20)17-13-15(2)9-11-19(17)23-4/h5-13H,1-4H3/q+1. The number of rotatable bonds is 4. The molecule has 0 aliphatic carbocycles. The molecule has 3 nitrogen and oxygen atoms in total. The van der Waals surface area contributed by atoms with Crippen LogP contribution in [0.3, 0.4) is 0 Å². The zero-order valence-corrected chi connectivity index (χ0v) is 14.4. The van der Waals surface area contributed by atoms with E-state index in [4.69, 9.17) is 13.9 Å². The zero-order valence-electron chi connectivity index (χ0n) is 14.4. The topological polar surface area (TPSA) is 29.8 Å². The maximum atomic E-state index is 6.18. The van der Waals surface area contributed by atoms with Crippen LogP contribution in [0.5, 0.6) is 11.5 Å². The lowest BCUT2D eigenvalue weighted by atomic mass is 10.1. The molecule has 0 saturated heterocycles. The highest BCUT2D eigenvalue weighted by Crippen LogP contribution is 2.36. The first-order chi connectivity index (χ1) is 11.6. The summed E-state index contributed by atoms with van der Waals surface area (Å²) in [6, 6.07) is 18.0. The Hall–Kier alpha value is -2.81. The van der Waals surface area contributed by atoms with Gasteiger partial charge in [-0.15, -0.1) is 0 Å². The molecule has 2 aromatic carbocycles. The molecule has 0 amide bonds. The van der Waals surface area contributed by atoms with E-state index in [0.29, 0.717) is 0 Å². The number of ether oxygens (including phenoxy) is 2. The summed E-state index contributed by atoms with van der Waals surface area (Å²) in [6.45, 7) is 4.10. The van der Waals surface area contributed by atoms with Gasteiger partial charge in [-0.25, -0.2) is 4.42 Å². The first kappa shape index (κ1) is 16.1. The van der Waals surface area contributed by atoms with Gasteiger partial charge in [0, 0.05) is 12.1 Å². The van der Waals surface area contributed by atoms with Crippen LogP contribution in [0.2, 0.25) is 0 Å². The maximum absolute atomic E-state index is 6.18. The molecule has 0 radical (unpaired) electrons. The molecule has 0 atom stereocenters. The van der Waals surface area contributed by atoms with Crippen molar-refractivity contribution in [2.45, 2.75) is 13.8 Å². The molecule has 0 fully saturated rings. The summed E-state index contributed by atoms with van der Waals surface area (Å²) in [5, 5.41) is 0. The lowest BCUT2D eigenvalue weighted by Gasteiger charge is -2.06. The van der Waals surface area contributed by atoms with Crippen molar-refractivity contribution in [3.8, 4) is 34.1 Å². The van der Waals surface area contributed by atoms with Gasteiger partial charge >= 0.3 is 11.5 Å². The minimum absolute atomic E-state index is 0.761. The van der Waals surface area contributed by atoms with Crippen molar-refractivity contribution in [1.29, 1.82) is 0 Å². The molecule has 3 rings (SSSR count). The van der Waals surface area contributed by atoms with Crippen molar-refractivity contribution in [1.82, 2.24) is 0 Å². The van der Waals surface area contributed by atoms with E-state index in [2.05, 4.69) is 26.0 Å². The van der Waals surface area contributed by atoms with E-state index in [9.17, 15) is 0 Å². The highest BCUT2D eigenvalue weighted by Gasteiger charge is 2.22. The fourth-order valence-corrected chi connectivity index (χ4v) is 2.73. The van der Waals surface area contributed by atoms with Gasteiger partial charge in [0.05, 0.1) is 14.2 Å². The van der Waals surface area contributed by atoms with Crippen LogP contribution in [0, 0.1) is 13.8 Å². The monoisotopic (exact) mass is 321 g/mol. The van der Waals surface area contributed by atoms with E-state index < -0.39 is 0 Å². The highest BCUT2D eigenvalue weighted by atomic mass is 16.5. The number of aryl methyl sites for hydroxylation is 2. The van der Waals surface area contributed by atoms with Crippen molar-refractivity contribution in [2.75, 3.05) is 14.2 Å². The second-order valence-corrected chi connectivity index (χ2v) is 5.76. The van der Waals surface area contributed by atoms with E-state index in [0.717, 1.165) is 45.3 Å². The summed E-state index contributed by atoms with van der Waals surface area (Å²) >= 11 is 0. The smallest absolute Gasteiger partial charge is 0.364 e. The largest absolute Gasteiger partial charge is 0.496 e. The van der Waals surface area contributed by atoms with Crippen LogP contribution >= 0.6 is 0 Å². The minimum Gasteiger partial charge on any atom is -0.496 e. The van der Waals surface area contributed by atoms with Crippen LogP contribution in [-0.4, -0.2) is 14.2 Å². The molecule has 3 aromatic rings. The van der Waals surface area contributed by atoms with Crippen molar-refractivity contribution < 1.29 is 13.9 Å². The van der Waals surface area contributed by atoms with Crippen LogP contribution in [0.15, 0.2) is 59.0 Å². The molecular formula is C21H21O3+. The lowest BCUT2D eigenvalue weighted by molar-refractivity contribution is 0.412. The van der Waals surface area contributed by atoms with Crippen LogP contribution < -0.4 is 9.47 Å². The van der Waals surface area contributed by atoms with Gasteiger partial charge in [0.15, 0.2) is 0 Å². The molecule has 3 heteroatoms. The summed E-state index contributed by atoms with van der Waals surface area (Å²) in [4.78, 5) is 0. The summed E-state index contributed by atoms with van der Waals surface area (Å²) in [5.74, 6) is 3.10. The van der Waals surface area contributed by atoms with Crippen LogP contribution in [0.1, 0.15) is 11.1 Å². The van der Waals surface area contributed by atoms with Crippen LogP contribution in [-0.2, 0) is 0 Å². The second-order valence-electron chi connectivity index (χ2n) is 5.76. The third kappa shape index (κ3) is 3.11. The predicted molar refractivity (Wildman–Crippen MR) is 96.6 cm³/mol. The van der Waals surface area contributed by atoms with Crippen LogP contribution in [0.25, 0.3) is 22.6 Å². The fraction of sp³-hybridized carbons (Fsp3) is 0.190. The molecule has 0 aliphatic rings. The van der Waals surface area contributed by atoms with Gasteiger partial charge in [-0.2, -0.15) is 0 Å². The number of benzene rings is 2. The Labute approximate surface area is 142 Å². The normalized spacial score (nSPS) is 10.5. The molecular weight excluding hydrogens is 300 g/mol. The first-order valence-corrected chi connectivity index (χ1v) is 7.85. The van der Waals surface area contributed by atoms with Gasteiger partial charge in [-0.3, -0.25) is 0 Å². The third-order valence-electron chi connectivity index (χ3n) is 3.96. The molecule has 0 bridgehead atoms. The van der Waals surface area contributed by atoms with Gasteiger partial charge in [-0.1, -0.05) is 12.1 Å². The Morgan fingerprint density at radius 2 is 1.12 bits per heavy atom. The van der Waals surface area contributed by atoms with Crippen molar-refractivity contribution in [3.63, 3.8) is 0 Å². The van der Waals surface area contributed by atoms with E-state index in [1.54, 1.807) is 14.2 Å². The first-order valence-electron chi connectivity index (χ1n) is 7.85. The maximum Gasteiger partial charge on any atom is 0.364 e. The molecule has 122 valence electrons. The van der Waals surface area contributed by atoms with Crippen molar-refractivity contribution in [3.05, 3.63) is 65.7 Å². The predicted octanol–water partition coefficient (Wildman–Crippen LogP) is 5.53. The number of hydrogen-bond donors (Lipinski definition) is 0. The number of methoxy groups -OCH3 is 2. The molecule has 0 saturated carbocycles. The highest BCUT2D eigenvalue weighted by molar-refractivity contribution is 5.71. The average Bonchev–Trinajstić information content (AvgIpc) is 2.61. The zero-order chi connectivity index (χ0) is 17.1. The molecule has 24 heavy (non-hydrogen) atoms. The Bertz CT molecular complexity index is 800. The Morgan fingerprint density at radius 1 is 0.667 bits per heavy atom. The van der Waals surface area contributed by atoms with Gasteiger partial charge < -0.3 is 9.47 Å².